The number of aromatic nitrogens is 4. The van der Waals surface area contributed by atoms with E-state index < -0.39 is 10.0 Å². The third kappa shape index (κ3) is 3.02. The second-order valence-electron chi connectivity index (χ2n) is 4.28. The van der Waals surface area contributed by atoms with E-state index in [-0.39, 0.29) is 5.03 Å². The minimum absolute atomic E-state index is 0.0747. The van der Waals surface area contributed by atoms with Crippen molar-refractivity contribution >= 4 is 10.0 Å². The molecule has 0 aliphatic rings. The van der Waals surface area contributed by atoms with Crippen LogP contribution in [0.15, 0.2) is 23.5 Å². The van der Waals surface area contributed by atoms with E-state index in [1.807, 2.05) is 24.6 Å². The highest BCUT2D eigenvalue weighted by molar-refractivity contribution is 7.89. The average molecular weight is 283 g/mol. The number of aryl methyl sites for hydroxylation is 4. The minimum Gasteiger partial charge on any atom is -0.333 e. The predicted molar refractivity (Wildman–Crippen MR) is 69.9 cm³/mol. The quantitative estimate of drug-likeness (QED) is 0.839. The number of nitrogens with two attached hydrogens (primary N) is 1. The first-order valence-corrected chi connectivity index (χ1v) is 7.52. The molecule has 19 heavy (non-hydrogen) atoms. The summed E-state index contributed by atoms with van der Waals surface area (Å²) in [5.74, 6) is 0.714. The van der Waals surface area contributed by atoms with Gasteiger partial charge in [0.25, 0.3) is 10.0 Å². The van der Waals surface area contributed by atoms with Crippen LogP contribution in [-0.2, 0) is 36.5 Å². The molecule has 2 N–H and O–H groups in total. The molecule has 2 rings (SSSR count). The molecule has 0 saturated heterocycles. The summed E-state index contributed by atoms with van der Waals surface area (Å²) in [5.41, 5.74) is 1.08. The summed E-state index contributed by atoms with van der Waals surface area (Å²) in [6, 6.07) is 1.93. The Balaban J connectivity index is 2.20. The largest absolute Gasteiger partial charge is 0.333 e. The van der Waals surface area contributed by atoms with Gasteiger partial charge in [-0.3, -0.25) is 4.68 Å². The number of hydrogen-bond acceptors (Lipinski definition) is 4. The molecule has 0 aliphatic carbocycles. The highest BCUT2D eigenvalue weighted by Gasteiger charge is 2.15. The van der Waals surface area contributed by atoms with Crippen LogP contribution in [0.5, 0.6) is 0 Å². The molecule has 7 nitrogen and oxygen atoms in total. The van der Waals surface area contributed by atoms with Crippen molar-refractivity contribution < 1.29 is 8.42 Å². The SMILES string of the molecule is CCc1nc(S(N)(=O)=O)cn1CCc1ccnn1C. The summed E-state index contributed by atoms with van der Waals surface area (Å²) in [4.78, 5) is 4.05. The Bertz CT molecular complexity index is 671. The van der Waals surface area contributed by atoms with Gasteiger partial charge in [0.1, 0.15) is 5.82 Å². The minimum atomic E-state index is -3.74. The van der Waals surface area contributed by atoms with Crippen molar-refractivity contribution in [3.63, 3.8) is 0 Å². The molecule has 104 valence electrons. The zero-order valence-electron chi connectivity index (χ0n) is 10.9. The molecule has 0 atom stereocenters. The van der Waals surface area contributed by atoms with Crippen LogP contribution in [-0.4, -0.2) is 27.7 Å². The first kappa shape index (κ1) is 13.8. The van der Waals surface area contributed by atoms with Gasteiger partial charge in [0.15, 0.2) is 5.03 Å². The summed E-state index contributed by atoms with van der Waals surface area (Å²) < 4.78 is 26.2. The Labute approximate surface area is 112 Å². The molecule has 2 aromatic heterocycles. The van der Waals surface area contributed by atoms with E-state index in [0.717, 1.165) is 12.1 Å². The van der Waals surface area contributed by atoms with E-state index in [1.165, 1.54) is 6.20 Å². The molecule has 0 saturated carbocycles. The van der Waals surface area contributed by atoms with Crippen LogP contribution in [0, 0.1) is 0 Å². The molecule has 2 heterocycles. The lowest BCUT2D eigenvalue weighted by atomic mass is 10.3. The fourth-order valence-corrected chi connectivity index (χ4v) is 2.43. The molecule has 0 unspecified atom stereocenters. The van der Waals surface area contributed by atoms with Crippen LogP contribution < -0.4 is 5.14 Å². The average Bonchev–Trinajstić information content (AvgIpc) is 2.91. The van der Waals surface area contributed by atoms with Crippen molar-refractivity contribution in [1.82, 2.24) is 19.3 Å². The smallest absolute Gasteiger partial charge is 0.257 e. The van der Waals surface area contributed by atoms with Gasteiger partial charge in [-0.25, -0.2) is 18.5 Å². The van der Waals surface area contributed by atoms with Gasteiger partial charge < -0.3 is 4.57 Å². The molecule has 0 amide bonds. The van der Waals surface area contributed by atoms with E-state index in [2.05, 4.69) is 10.1 Å². The van der Waals surface area contributed by atoms with Crippen LogP contribution in [0.1, 0.15) is 18.4 Å². The molecule has 0 aliphatic heterocycles. The summed E-state index contributed by atoms with van der Waals surface area (Å²) >= 11 is 0. The number of rotatable bonds is 5. The first-order valence-electron chi connectivity index (χ1n) is 5.97. The highest BCUT2D eigenvalue weighted by Crippen LogP contribution is 2.10. The van der Waals surface area contributed by atoms with E-state index >= 15 is 0 Å². The van der Waals surface area contributed by atoms with Crippen molar-refractivity contribution in [2.45, 2.75) is 31.3 Å². The van der Waals surface area contributed by atoms with Crippen molar-refractivity contribution in [2.24, 2.45) is 12.2 Å². The first-order chi connectivity index (χ1) is 8.91. The Hall–Kier alpha value is -1.67. The van der Waals surface area contributed by atoms with Crippen LogP contribution in [0.25, 0.3) is 0 Å². The third-order valence-corrected chi connectivity index (χ3v) is 3.76. The molecular weight excluding hydrogens is 266 g/mol. The zero-order valence-corrected chi connectivity index (χ0v) is 11.8. The van der Waals surface area contributed by atoms with Crippen molar-refractivity contribution in [3.8, 4) is 0 Å². The standard InChI is InChI=1S/C11H17N5O2S/c1-3-10-14-11(19(12,17)18)8-16(10)7-5-9-4-6-13-15(9)2/h4,6,8H,3,5,7H2,1-2H3,(H2,12,17,18). The molecule has 8 heteroatoms. The lowest BCUT2D eigenvalue weighted by Crippen LogP contribution is -2.12. The lowest BCUT2D eigenvalue weighted by Gasteiger charge is -2.06. The number of sulfonamides is 1. The number of imidazole rings is 1. The fourth-order valence-electron chi connectivity index (χ4n) is 1.92. The van der Waals surface area contributed by atoms with Gasteiger partial charge in [-0.05, 0) is 6.07 Å². The Kier molecular flexibility index (Phi) is 3.72. The highest BCUT2D eigenvalue weighted by atomic mass is 32.2. The molecule has 0 radical (unpaired) electrons. The summed E-state index contributed by atoms with van der Waals surface area (Å²) in [6.07, 6.45) is 4.63. The van der Waals surface area contributed by atoms with Gasteiger partial charge in [-0.1, -0.05) is 6.92 Å². The lowest BCUT2D eigenvalue weighted by molar-refractivity contribution is 0.594. The maximum Gasteiger partial charge on any atom is 0.257 e. The second-order valence-corrected chi connectivity index (χ2v) is 5.79. The van der Waals surface area contributed by atoms with Crippen molar-refractivity contribution in [3.05, 3.63) is 30.0 Å². The van der Waals surface area contributed by atoms with Crippen molar-refractivity contribution in [2.75, 3.05) is 0 Å². The van der Waals surface area contributed by atoms with Gasteiger partial charge in [0.05, 0.1) is 0 Å². The third-order valence-electron chi connectivity index (χ3n) is 2.98. The van der Waals surface area contributed by atoms with Crippen molar-refractivity contribution in [1.29, 1.82) is 0 Å². The van der Waals surface area contributed by atoms with Gasteiger partial charge in [-0.15, -0.1) is 0 Å². The number of primary sulfonamides is 1. The molecule has 0 aromatic carbocycles. The van der Waals surface area contributed by atoms with Crippen LogP contribution in [0.2, 0.25) is 0 Å². The summed E-state index contributed by atoms with van der Waals surface area (Å²) in [6.45, 7) is 2.57. The molecule has 0 spiro atoms. The topological polar surface area (TPSA) is 95.8 Å². The monoisotopic (exact) mass is 283 g/mol. The zero-order chi connectivity index (χ0) is 14.0. The Morgan fingerprint density at radius 3 is 2.68 bits per heavy atom. The van der Waals surface area contributed by atoms with Gasteiger partial charge >= 0.3 is 0 Å². The van der Waals surface area contributed by atoms with E-state index in [1.54, 1.807) is 10.9 Å². The van der Waals surface area contributed by atoms with Crippen LogP contribution in [0.4, 0.5) is 0 Å². The van der Waals surface area contributed by atoms with E-state index in [9.17, 15) is 8.42 Å². The summed E-state index contributed by atoms with van der Waals surface area (Å²) in [5, 5.41) is 9.11. The number of nitrogens with zero attached hydrogens (tertiary/aromatic N) is 4. The van der Waals surface area contributed by atoms with Gasteiger partial charge in [0.2, 0.25) is 0 Å². The molecule has 2 aromatic rings. The van der Waals surface area contributed by atoms with Crippen LogP contribution >= 0.6 is 0 Å². The fraction of sp³-hybridized carbons (Fsp3) is 0.455. The molecule has 0 fully saturated rings. The Morgan fingerprint density at radius 1 is 1.42 bits per heavy atom. The van der Waals surface area contributed by atoms with E-state index in [4.69, 9.17) is 5.14 Å². The van der Waals surface area contributed by atoms with Crippen LogP contribution in [0.3, 0.4) is 0 Å². The molecule has 0 bridgehead atoms. The van der Waals surface area contributed by atoms with Gasteiger partial charge in [-0.2, -0.15) is 5.10 Å². The Morgan fingerprint density at radius 2 is 2.16 bits per heavy atom. The maximum absolute atomic E-state index is 11.3. The predicted octanol–water partition coefficient (Wildman–Crippen LogP) is 0.0691. The van der Waals surface area contributed by atoms with Gasteiger partial charge in [0, 0.05) is 44.5 Å². The summed E-state index contributed by atoms with van der Waals surface area (Å²) in [7, 11) is -1.87. The normalized spacial score (nSPS) is 11.9. The second kappa shape index (κ2) is 5.14. The molecular formula is C11H17N5O2S. The van der Waals surface area contributed by atoms with E-state index in [0.29, 0.717) is 18.8 Å². The number of hydrogen-bond donors (Lipinski definition) is 1. The maximum atomic E-state index is 11.3.